The first kappa shape index (κ1) is 23.1. The van der Waals surface area contributed by atoms with Crippen molar-refractivity contribution in [2.45, 2.75) is 12.5 Å². The molecule has 9 heteroatoms. The van der Waals surface area contributed by atoms with E-state index in [1.54, 1.807) is 12.3 Å². The maximum absolute atomic E-state index is 13.3. The molecule has 35 heavy (non-hydrogen) atoms. The van der Waals surface area contributed by atoms with Gasteiger partial charge in [0.25, 0.3) is 5.91 Å². The van der Waals surface area contributed by atoms with E-state index in [4.69, 9.17) is 0 Å². The molecule has 0 saturated carbocycles. The van der Waals surface area contributed by atoms with E-state index in [1.807, 2.05) is 54.0 Å². The van der Waals surface area contributed by atoms with E-state index in [0.717, 1.165) is 48.5 Å². The Bertz CT molecular complexity index is 1290. The zero-order chi connectivity index (χ0) is 24.2. The Kier molecular flexibility index (Phi) is 6.78. The number of aromatic amines is 1. The van der Waals surface area contributed by atoms with Gasteiger partial charge in [-0.05, 0) is 42.3 Å². The number of H-pyrrole nitrogens is 1. The van der Waals surface area contributed by atoms with Gasteiger partial charge in [0.1, 0.15) is 11.9 Å². The second-order valence-electron chi connectivity index (χ2n) is 8.75. The predicted octanol–water partition coefficient (Wildman–Crippen LogP) is 3.36. The Morgan fingerprint density at radius 2 is 1.91 bits per heavy atom. The highest BCUT2D eigenvalue weighted by Gasteiger charge is 2.24. The average Bonchev–Trinajstić information content (AvgIpc) is 3.55. The van der Waals surface area contributed by atoms with E-state index in [1.165, 1.54) is 11.3 Å². The van der Waals surface area contributed by atoms with Crippen LogP contribution in [0.4, 0.5) is 11.5 Å². The summed E-state index contributed by atoms with van der Waals surface area (Å²) in [6.07, 6.45) is 3.93. The third-order valence-electron chi connectivity index (χ3n) is 6.31. The zero-order valence-corrected chi connectivity index (χ0v) is 20.3. The van der Waals surface area contributed by atoms with Crippen molar-refractivity contribution in [3.05, 3.63) is 76.7 Å². The number of carbonyl (C=O) groups excluding carboxylic acids is 2. The molecular weight excluding hydrogens is 460 g/mol. The Morgan fingerprint density at radius 1 is 1.09 bits per heavy atom. The molecule has 0 radical (unpaired) electrons. The second-order valence-corrected chi connectivity index (χ2v) is 9.70. The quantitative estimate of drug-likeness (QED) is 0.371. The monoisotopic (exact) mass is 488 g/mol. The van der Waals surface area contributed by atoms with Crippen molar-refractivity contribution in [2.75, 3.05) is 43.4 Å². The largest absolute Gasteiger partial charge is 0.361 e. The summed E-state index contributed by atoms with van der Waals surface area (Å²) < 4.78 is 0. The van der Waals surface area contributed by atoms with E-state index in [-0.39, 0.29) is 11.8 Å². The molecule has 4 aromatic rings. The number of carbonyl (C=O) groups is 2. The van der Waals surface area contributed by atoms with Crippen LogP contribution >= 0.6 is 11.3 Å². The number of para-hydroxylation sites is 1. The number of hydrogen-bond donors (Lipinski definition) is 3. The molecule has 0 bridgehead atoms. The lowest BCUT2D eigenvalue weighted by atomic mass is 10.0. The number of pyridine rings is 1. The number of anilines is 2. The Hall–Kier alpha value is -3.69. The summed E-state index contributed by atoms with van der Waals surface area (Å²) in [6.45, 7) is 3.85. The van der Waals surface area contributed by atoms with Crippen LogP contribution in [0, 0.1) is 0 Å². The van der Waals surface area contributed by atoms with Crippen molar-refractivity contribution in [3.8, 4) is 0 Å². The van der Waals surface area contributed by atoms with Gasteiger partial charge in [0.15, 0.2) is 0 Å². The van der Waals surface area contributed by atoms with Gasteiger partial charge < -0.3 is 25.4 Å². The molecule has 1 aromatic carbocycles. The van der Waals surface area contributed by atoms with Gasteiger partial charge in [-0.3, -0.25) is 9.59 Å². The molecule has 1 fully saturated rings. The Labute approximate surface area is 208 Å². The number of nitrogens with zero attached hydrogens (tertiary/aromatic N) is 3. The molecule has 1 unspecified atom stereocenters. The summed E-state index contributed by atoms with van der Waals surface area (Å²) in [5, 5.41) is 8.74. The number of benzene rings is 1. The standard InChI is InChI=1S/C26H28N6O2S/c1-31-10-12-32(13-11-31)24-9-8-19(17-28-24)29-25(33)22(30-26(34)23-7-4-14-35-23)15-18-16-27-21-6-3-2-5-20(18)21/h2-9,14,16-17,22,27H,10-13,15H2,1H3,(H,29,33)(H,30,34). The molecule has 4 heterocycles. The van der Waals surface area contributed by atoms with Crippen molar-refractivity contribution in [1.29, 1.82) is 0 Å². The highest BCUT2D eigenvalue weighted by molar-refractivity contribution is 7.12. The number of amides is 2. The van der Waals surface area contributed by atoms with Crippen molar-refractivity contribution < 1.29 is 9.59 Å². The molecule has 1 saturated heterocycles. The zero-order valence-electron chi connectivity index (χ0n) is 19.5. The summed E-state index contributed by atoms with van der Waals surface area (Å²) in [5.74, 6) is 0.357. The van der Waals surface area contributed by atoms with Gasteiger partial charge in [0, 0.05) is 49.7 Å². The van der Waals surface area contributed by atoms with Crippen molar-refractivity contribution in [3.63, 3.8) is 0 Å². The summed E-state index contributed by atoms with van der Waals surface area (Å²) >= 11 is 1.35. The second kappa shape index (κ2) is 10.3. The minimum absolute atomic E-state index is 0.261. The Morgan fingerprint density at radius 3 is 2.66 bits per heavy atom. The molecular formula is C26H28N6O2S. The Balaban J connectivity index is 1.31. The predicted molar refractivity (Wildman–Crippen MR) is 140 cm³/mol. The molecule has 2 amide bonds. The molecule has 3 N–H and O–H groups in total. The molecule has 1 aliphatic heterocycles. The SMILES string of the molecule is CN1CCN(c2ccc(NC(=O)C(Cc3c[nH]c4ccccc34)NC(=O)c3cccs3)cn2)CC1. The number of piperazine rings is 1. The number of fused-ring (bicyclic) bond motifs is 1. The maximum Gasteiger partial charge on any atom is 0.262 e. The van der Waals surface area contributed by atoms with Gasteiger partial charge in [0.2, 0.25) is 5.91 Å². The van der Waals surface area contributed by atoms with E-state index >= 15 is 0 Å². The highest BCUT2D eigenvalue weighted by atomic mass is 32.1. The van der Waals surface area contributed by atoms with Gasteiger partial charge in [-0.25, -0.2) is 4.98 Å². The highest BCUT2D eigenvalue weighted by Crippen LogP contribution is 2.21. The number of hydrogen-bond acceptors (Lipinski definition) is 6. The normalized spacial score (nSPS) is 15.2. The van der Waals surface area contributed by atoms with E-state index in [9.17, 15) is 9.59 Å². The number of nitrogens with one attached hydrogen (secondary N) is 3. The number of thiophene rings is 1. The van der Waals surface area contributed by atoms with Crippen LogP contribution < -0.4 is 15.5 Å². The number of rotatable bonds is 7. The first-order chi connectivity index (χ1) is 17.1. The van der Waals surface area contributed by atoms with Crippen molar-refractivity contribution in [2.24, 2.45) is 0 Å². The van der Waals surface area contributed by atoms with Crippen LogP contribution in [0.15, 0.2) is 66.3 Å². The molecule has 1 aliphatic rings. The van der Waals surface area contributed by atoms with Crippen LogP contribution in [0.5, 0.6) is 0 Å². The maximum atomic E-state index is 13.3. The summed E-state index contributed by atoms with van der Waals surface area (Å²) in [5.41, 5.74) is 2.56. The molecule has 3 aromatic heterocycles. The number of aromatic nitrogens is 2. The fourth-order valence-corrected chi connectivity index (χ4v) is 4.91. The summed E-state index contributed by atoms with van der Waals surface area (Å²) in [6, 6.07) is 14.5. The van der Waals surface area contributed by atoms with Gasteiger partial charge in [-0.2, -0.15) is 0 Å². The lowest BCUT2D eigenvalue weighted by Crippen LogP contribution is -2.45. The van der Waals surface area contributed by atoms with E-state index in [2.05, 4.69) is 37.4 Å². The van der Waals surface area contributed by atoms with Crippen LogP contribution in [0.25, 0.3) is 10.9 Å². The van der Waals surface area contributed by atoms with Gasteiger partial charge in [-0.15, -0.1) is 11.3 Å². The van der Waals surface area contributed by atoms with Gasteiger partial charge in [0.05, 0.1) is 16.8 Å². The number of likely N-dealkylation sites (N-methyl/N-ethyl adjacent to an activating group) is 1. The minimum Gasteiger partial charge on any atom is -0.361 e. The van der Waals surface area contributed by atoms with Gasteiger partial charge in [-0.1, -0.05) is 24.3 Å². The van der Waals surface area contributed by atoms with Crippen LogP contribution in [0.2, 0.25) is 0 Å². The van der Waals surface area contributed by atoms with E-state index < -0.39 is 6.04 Å². The first-order valence-corrected chi connectivity index (χ1v) is 12.5. The molecule has 180 valence electrons. The molecule has 0 aliphatic carbocycles. The third-order valence-corrected chi connectivity index (χ3v) is 7.18. The van der Waals surface area contributed by atoms with Crippen LogP contribution in [0.1, 0.15) is 15.2 Å². The molecule has 5 rings (SSSR count). The first-order valence-electron chi connectivity index (χ1n) is 11.7. The van der Waals surface area contributed by atoms with Crippen LogP contribution in [-0.2, 0) is 11.2 Å². The summed E-state index contributed by atoms with van der Waals surface area (Å²) in [4.78, 5) is 39.0. The fraction of sp³-hybridized carbons (Fsp3) is 0.269. The van der Waals surface area contributed by atoms with Crippen molar-refractivity contribution >= 4 is 45.6 Å². The van der Waals surface area contributed by atoms with Crippen LogP contribution in [-0.4, -0.2) is 66.0 Å². The summed E-state index contributed by atoms with van der Waals surface area (Å²) in [7, 11) is 2.12. The van der Waals surface area contributed by atoms with Crippen molar-refractivity contribution in [1.82, 2.24) is 20.2 Å². The fourth-order valence-electron chi connectivity index (χ4n) is 4.28. The van der Waals surface area contributed by atoms with Crippen LogP contribution in [0.3, 0.4) is 0 Å². The molecule has 8 nitrogen and oxygen atoms in total. The minimum atomic E-state index is -0.749. The van der Waals surface area contributed by atoms with Gasteiger partial charge >= 0.3 is 0 Å². The topological polar surface area (TPSA) is 93.4 Å². The van der Waals surface area contributed by atoms with E-state index in [0.29, 0.717) is 17.0 Å². The third kappa shape index (κ3) is 5.36. The smallest absolute Gasteiger partial charge is 0.262 e. The lowest BCUT2D eigenvalue weighted by Gasteiger charge is -2.33. The molecule has 0 spiro atoms. The lowest BCUT2D eigenvalue weighted by molar-refractivity contribution is -0.118. The average molecular weight is 489 g/mol. The molecule has 1 atom stereocenters.